The first kappa shape index (κ1) is 12.8. The number of nitrogen functional groups attached to an aromatic ring is 1. The largest absolute Gasteiger partial charge is 0.399 e. The third-order valence-corrected chi connectivity index (χ3v) is 4.27. The van der Waals surface area contributed by atoms with Crippen LogP contribution in [0, 0.1) is 0 Å². The standard InChI is InChI=1S/C15H20ClN3/c1-11(16)4-5-18-6-7-19-10-14(18)8-12-2-3-13(17)9-15(12)19/h2-4,9,14H,5-8,10,17H2,1H3. The maximum atomic E-state index is 5.94. The molecule has 1 aromatic carbocycles. The Hall–Kier alpha value is -1.19. The molecule has 1 aromatic rings. The van der Waals surface area contributed by atoms with Gasteiger partial charge in [0.05, 0.1) is 0 Å². The molecule has 1 unspecified atom stereocenters. The molecule has 4 heteroatoms. The summed E-state index contributed by atoms with van der Waals surface area (Å²) in [6.45, 7) is 6.17. The molecule has 2 aliphatic heterocycles. The summed E-state index contributed by atoms with van der Waals surface area (Å²) in [5, 5.41) is 0.881. The highest BCUT2D eigenvalue weighted by Gasteiger charge is 2.32. The third-order valence-electron chi connectivity index (χ3n) is 4.12. The molecule has 0 radical (unpaired) electrons. The Labute approximate surface area is 119 Å². The molecule has 2 bridgehead atoms. The predicted octanol–water partition coefficient (Wildman–Crippen LogP) is 2.46. The first-order valence-electron chi connectivity index (χ1n) is 6.83. The summed E-state index contributed by atoms with van der Waals surface area (Å²) >= 11 is 5.94. The van der Waals surface area contributed by atoms with E-state index in [2.05, 4.69) is 28.0 Å². The molecule has 0 spiro atoms. The van der Waals surface area contributed by atoms with Gasteiger partial charge in [0, 0.05) is 48.6 Å². The molecule has 1 saturated heterocycles. The lowest BCUT2D eigenvalue weighted by Crippen LogP contribution is -2.56. The molecule has 1 atom stereocenters. The van der Waals surface area contributed by atoms with Crippen LogP contribution in [0.15, 0.2) is 29.3 Å². The number of nitrogens with zero attached hydrogens (tertiary/aromatic N) is 2. The van der Waals surface area contributed by atoms with Crippen LogP contribution in [0.25, 0.3) is 0 Å². The first-order chi connectivity index (χ1) is 9.13. The summed E-state index contributed by atoms with van der Waals surface area (Å²) in [5.74, 6) is 0. The zero-order chi connectivity index (χ0) is 13.4. The lowest BCUT2D eigenvalue weighted by Gasteiger charge is -2.46. The third kappa shape index (κ3) is 2.58. The molecule has 0 aliphatic carbocycles. The van der Waals surface area contributed by atoms with Crippen molar-refractivity contribution >= 4 is 23.0 Å². The number of fused-ring (bicyclic) bond motifs is 4. The molecule has 102 valence electrons. The molecule has 0 saturated carbocycles. The van der Waals surface area contributed by atoms with Crippen LogP contribution in [0.3, 0.4) is 0 Å². The lowest BCUT2D eigenvalue weighted by atomic mass is 9.94. The van der Waals surface area contributed by atoms with Crippen molar-refractivity contribution in [2.45, 2.75) is 19.4 Å². The van der Waals surface area contributed by atoms with Gasteiger partial charge in [0.15, 0.2) is 0 Å². The number of piperazine rings is 1. The van der Waals surface area contributed by atoms with Gasteiger partial charge >= 0.3 is 0 Å². The maximum Gasteiger partial charge on any atom is 0.0421 e. The van der Waals surface area contributed by atoms with E-state index < -0.39 is 0 Å². The van der Waals surface area contributed by atoms with E-state index in [0.717, 1.165) is 43.3 Å². The number of hydrogen-bond acceptors (Lipinski definition) is 3. The topological polar surface area (TPSA) is 32.5 Å². The van der Waals surface area contributed by atoms with E-state index in [1.807, 2.05) is 13.0 Å². The van der Waals surface area contributed by atoms with Crippen LogP contribution in [0.4, 0.5) is 11.4 Å². The Morgan fingerprint density at radius 2 is 2.32 bits per heavy atom. The van der Waals surface area contributed by atoms with E-state index >= 15 is 0 Å². The second kappa shape index (κ2) is 5.06. The second-order valence-electron chi connectivity index (χ2n) is 5.48. The van der Waals surface area contributed by atoms with Crippen LogP contribution in [-0.2, 0) is 6.42 Å². The van der Waals surface area contributed by atoms with Gasteiger partial charge in [-0.05, 0) is 31.0 Å². The Morgan fingerprint density at radius 3 is 3.11 bits per heavy atom. The molecule has 3 nitrogen and oxygen atoms in total. The fourth-order valence-corrected chi connectivity index (χ4v) is 3.16. The number of rotatable bonds is 2. The summed E-state index contributed by atoms with van der Waals surface area (Å²) < 4.78 is 0. The minimum atomic E-state index is 0.595. The molecule has 0 aromatic heterocycles. The number of benzene rings is 1. The van der Waals surface area contributed by atoms with Crippen molar-refractivity contribution in [2.75, 3.05) is 36.8 Å². The molecule has 2 aliphatic rings. The van der Waals surface area contributed by atoms with E-state index in [0.29, 0.717) is 6.04 Å². The van der Waals surface area contributed by atoms with Gasteiger partial charge < -0.3 is 10.6 Å². The lowest BCUT2D eigenvalue weighted by molar-refractivity contribution is 0.188. The maximum absolute atomic E-state index is 5.94. The van der Waals surface area contributed by atoms with Crippen LogP contribution in [0.2, 0.25) is 0 Å². The molecule has 0 amide bonds. The summed E-state index contributed by atoms with van der Waals surface area (Å²) in [5.41, 5.74) is 9.51. The average molecular weight is 278 g/mol. The normalized spacial score (nSPS) is 23.4. The van der Waals surface area contributed by atoms with Gasteiger partial charge in [0.25, 0.3) is 0 Å². The Kier molecular flexibility index (Phi) is 3.42. The predicted molar refractivity (Wildman–Crippen MR) is 81.7 cm³/mol. The highest BCUT2D eigenvalue weighted by atomic mass is 35.5. The summed E-state index contributed by atoms with van der Waals surface area (Å²) in [6, 6.07) is 6.89. The molecule has 2 heterocycles. The van der Waals surface area contributed by atoms with Crippen molar-refractivity contribution in [1.29, 1.82) is 0 Å². The molecular formula is C15H20ClN3. The van der Waals surface area contributed by atoms with E-state index in [-0.39, 0.29) is 0 Å². The zero-order valence-electron chi connectivity index (χ0n) is 11.3. The summed E-state index contributed by atoms with van der Waals surface area (Å²) in [6.07, 6.45) is 3.22. The monoisotopic (exact) mass is 277 g/mol. The van der Waals surface area contributed by atoms with Gasteiger partial charge in [0.1, 0.15) is 0 Å². The minimum Gasteiger partial charge on any atom is -0.399 e. The fourth-order valence-electron chi connectivity index (χ4n) is 3.09. The second-order valence-corrected chi connectivity index (χ2v) is 6.07. The number of halogens is 1. The molecular weight excluding hydrogens is 258 g/mol. The molecule has 3 rings (SSSR count). The van der Waals surface area contributed by atoms with Gasteiger partial charge in [-0.1, -0.05) is 23.7 Å². The first-order valence-corrected chi connectivity index (χ1v) is 7.21. The minimum absolute atomic E-state index is 0.595. The van der Waals surface area contributed by atoms with E-state index in [4.69, 9.17) is 17.3 Å². The SMILES string of the molecule is CC(Cl)=CCN1CCN2CC1Cc1ccc(N)cc12. The molecule has 19 heavy (non-hydrogen) atoms. The van der Waals surface area contributed by atoms with Gasteiger partial charge in [-0.3, -0.25) is 4.90 Å². The number of hydrogen-bond donors (Lipinski definition) is 1. The van der Waals surface area contributed by atoms with Crippen molar-refractivity contribution < 1.29 is 0 Å². The van der Waals surface area contributed by atoms with Crippen molar-refractivity contribution in [3.05, 3.63) is 34.9 Å². The van der Waals surface area contributed by atoms with Crippen molar-refractivity contribution in [3.8, 4) is 0 Å². The Morgan fingerprint density at radius 1 is 1.47 bits per heavy atom. The smallest absolute Gasteiger partial charge is 0.0421 e. The van der Waals surface area contributed by atoms with Crippen LogP contribution >= 0.6 is 11.6 Å². The number of allylic oxidation sites excluding steroid dienone is 1. The number of anilines is 2. The molecule has 2 N–H and O–H groups in total. The highest BCUT2D eigenvalue weighted by molar-refractivity contribution is 6.29. The average Bonchev–Trinajstić information content (AvgIpc) is 2.39. The Bertz CT molecular complexity index is 508. The van der Waals surface area contributed by atoms with E-state index in [1.54, 1.807) is 0 Å². The van der Waals surface area contributed by atoms with Crippen molar-refractivity contribution in [2.24, 2.45) is 0 Å². The van der Waals surface area contributed by atoms with Gasteiger partial charge in [0.2, 0.25) is 0 Å². The van der Waals surface area contributed by atoms with Crippen LogP contribution in [0.5, 0.6) is 0 Å². The summed E-state index contributed by atoms with van der Waals surface area (Å²) in [4.78, 5) is 5.00. The van der Waals surface area contributed by atoms with Crippen LogP contribution < -0.4 is 10.6 Å². The fraction of sp³-hybridized carbons (Fsp3) is 0.467. The Balaban J connectivity index is 1.81. The zero-order valence-corrected chi connectivity index (χ0v) is 12.0. The van der Waals surface area contributed by atoms with E-state index in [1.165, 1.54) is 11.3 Å². The number of nitrogens with two attached hydrogens (primary N) is 1. The van der Waals surface area contributed by atoms with Crippen molar-refractivity contribution in [1.82, 2.24) is 4.90 Å². The van der Waals surface area contributed by atoms with Gasteiger partial charge in [-0.15, -0.1) is 0 Å². The van der Waals surface area contributed by atoms with Gasteiger partial charge in [-0.25, -0.2) is 0 Å². The summed E-state index contributed by atoms with van der Waals surface area (Å²) in [7, 11) is 0. The molecule has 1 fully saturated rings. The van der Waals surface area contributed by atoms with E-state index in [9.17, 15) is 0 Å². The quantitative estimate of drug-likeness (QED) is 0.843. The van der Waals surface area contributed by atoms with Crippen LogP contribution in [0.1, 0.15) is 12.5 Å². The van der Waals surface area contributed by atoms with Crippen LogP contribution in [-0.4, -0.2) is 37.1 Å². The van der Waals surface area contributed by atoms with Crippen molar-refractivity contribution in [3.63, 3.8) is 0 Å². The van der Waals surface area contributed by atoms with Gasteiger partial charge in [-0.2, -0.15) is 0 Å². The highest BCUT2D eigenvalue weighted by Crippen LogP contribution is 2.32.